The minimum Gasteiger partial charge on any atom is -0.476 e. The van der Waals surface area contributed by atoms with E-state index in [2.05, 4.69) is 15.3 Å². The van der Waals surface area contributed by atoms with Gasteiger partial charge in [0.25, 0.3) is 0 Å². The van der Waals surface area contributed by atoms with Crippen LogP contribution in [0.3, 0.4) is 0 Å². The van der Waals surface area contributed by atoms with E-state index in [-0.39, 0.29) is 11.8 Å². The van der Waals surface area contributed by atoms with Crippen molar-refractivity contribution in [3.05, 3.63) is 30.2 Å². The number of carbonyl (C=O) groups is 1. The van der Waals surface area contributed by atoms with Gasteiger partial charge in [0.15, 0.2) is 5.69 Å². The van der Waals surface area contributed by atoms with Crippen LogP contribution in [0.2, 0.25) is 0 Å². The summed E-state index contributed by atoms with van der Waals surface area (Å²) < 4.78 is 6.99. The summed E-state index contributed by atoms with van der Waals surface area (Å²) >= 11 is 0. The SMILES string of the molecule is CC(C)OCCn1nnc(C(=O)O)c1-c1cccnc1. The summed E-state index contributed by atoms with van der Waals surface area (Å²) in [5, 5.41) is 16.8. The first-order valence-corrected chi connectivity index (χ1v) is 6.28. The first kappa shape index (κ1) is 14.1. The van der Waals surface area contributed by atoms with Crippen LogP contribution in [0.25, 0.3) is 11.3 Å². The predicted molar refractivity (Wildman–Crippen MR) is 71.3 cm³/mol. The van der Waals surface area contributed by atoms with Crippen LogP contribution in [0.4, 0.5) is 0 Å². The number of pyridine rings is 1. The van der Waals surface area contributed by atoms with Crippen molar-refractivity contribution in [2.45, 2.75) is 26.5 Å². The average Bonchev–Trinajstić information content (AvgIpc) is 2.83. The number of aromatic carboxylic acids is 1. The van der Waals surface area contributed by atoms with Gasteiger partial charge in [-0.1, -0.05) is 5.21 Å². The van der Waals surface area contributed by atoms with Crippen molar-refractivity contribution < 1.29 is 14.6 Å². The van der Waals surface area contributed by atoms with Gasteiger partial charge >= 0.3 is 5.97 Å². The minimum atomic E-state index is -1.11. The summed E-state index contributed by atoms with van der Waals surface area (Å²) in [4.78, 5) is 15.2. The van der Waals surface area contributed by atoms with Crippen molar-refractivity contribution in [1.29, 1.82) is 0 Å². The highest BCUT2D eigenvalue weighted by atomic mass is 16.5. The van der Waals surface area contributed by atoms with Crippen LogP contribution in [0.5, 0.6) is 0 Å². The van der Waals surface area contributed by atoms with Gasteiger partial charge in [0, 0.05) is 18.0 Å². The average molecular weight is 276 g/mol. The fourth-order valence-electron chi connectivity index (χ4n) is 1.78. The molecule has 0 aliphatic carbocycles. The number of hydrogen-bond donors (Lipinski definition) is 1. The number of rotatable bonds is 6. The summed E-state index contributed by atoms with van der Waals surface area (Å²) in [5.74, 6) is -1.11. The number of hydrogen-bond acceptors (Lipinski definition) is 5. The van der Waals surface area contributed by atoms with E-state index in [0.29, 0.717) is 24.4 Å². The molecule has 7 nitrogen and oxygen atoms in total. The Balaban J connectivity index is 2.31. The summed E-state index contributed by atoms with van der Waals surface area (Å²) in [6, 6.07) is 3.51. The highest BCUT2D eigenvalue weighted by Gasteiger charge is 2.20. The van der Waals surface area contributed by atoms with Crippen LogP contribution in [-0.4, -0.2) is 43.8 Å². The molecule has 1 N–H and O–H groups in total. The van der Waals surface area contributed by atoms with Crippen LogP contribution in [-0.2, 0) is 11.3 Å². The molecule has 0 aliphatic rings. The largest absolute Gasteiger partial charge is 0.476 e. The van der Waals surface area contributed by atoms with E-state index >= 15 is 0 Å². The molecule has 0 unspecified atom stereocenters. The highest BCUT2D eigenvalue weighted by Crippen LogP contribution is 2.21. The summed E-state index contributed by atoms with van der Waals surface area (Å²) in [6.07, 6.45) is 3.32. The number of carboxylic acid groups (broad SMARTS) is 1. The molecule has 0 saturated heterocycles. The second-order valence-electron chi connectivity index (χ2n) is 4.48. The Hall–Kier alpha value is -2.28. The van der Waals surface area contributed by atoms with Gasteiger partial charge in [-0.15, -0.1) is 5.10 Å². The van der Waals surface area contributed by atoms with E-state index in [1.54, 1.807) is 24.5 Å². The van der Waals surface area contributed by atoms with Gasteiger partial charge in [0.2, 0.25) is 0 Å². The van der Waals surface area contributed by atoms with E-state index < -0.39 is 5.97 Å². The molecule has 0 atom stereocenters. The zero-order valence-corrected chi connectivity index (χ0v) is 11.4. The van der Waals surface area contributed by atoms with Crippen molar-refractivity contribution in [2.24, 2.45) is 0 Å². The predicted octanol–water partition coefficient (Wildman–Crippen LogP) is 1.46. The molecule has 20 heavy (non-hydrogen) atoms. The molecule has 0 saturated carbocycles. The molecule has 2 heterocycles. The van der Waals surface area contributed by atoms with Crippen molar-refractivity contribution in [2.75, 3.05) is 6.61 Å². The van der Waals surface area contributed by atoms with Crippen LogP contribution in [0.1, 0.15) is 24.3 Å². The Kier molecular flexibility index (Phi) is 4.41. The molecule has 0 bridgehead atoms. The summed E-state index contributed by atoms with van der Waals surface area (Å²) in [6.45, 7) is 4.74. The Labute approximate surface area is 116 Å². The van der Waals surface area contributed by atoms with Gasteiger partial charge in [-0.25, -0.2) is 9.48 Å². The van der Waals surface area contributed by atoms with Crippen LogP contribution in [0, 0.1) is 0 Å². The Bertz CT molecular complexity index is 581. The Morgan fingerprint density at radius 3 is 2.90 bits per heavy atom. The van der Waals surface area contributed by atoms with Crippen molar-refractivity contribution >= 4 is 5.97 Å². The molecule has 0 aromatic carbocycles. The minimum absolute atomic E-state index is 0.0810. The van der Waals surface area contributed by atoms with Gasteiger partial charge in [-0.3, -0.25) is 4.98 Å². The quantitative estimate of drug-likeness (QED) is 0.859. The maximum Gasteiger partial charge on any atom is 0.358 e. The second kappa shape index (κ2) is 6.25. The molecule has 2 aromatic heterocycles. The van der Waals surface area contributed by atoms with Crippen molar-refractivity contribution in [3.63, 3.8) is 0 Å². The molecular formula is C13H16N4O3. The first-order chi connectivity index (χ1) is 9.59. The van der Waals surface area contributed by atoms with Gasteiger partial charge in [-0.2, -0.15) is 0 Å². The molecule has 106 valence electrons. The smallest absolute Gasteiger partial charge is 0.358 e. The zero-order chi connectivity index (χ0) is 14.5. The Morgan fingerprint density at radius 2 is 2.30 bits per heavy atom. The van der Waals surface area contributed by atoms with Crippen molar-refractivity contribution in [3.8, 4) is 11.3 Å². The molecule has 0 spiro atoms. The van der Waals surface area contributed by atoms with E-state index in [0.717, 1.165) is 0 Å². The maximum atomic E-state index is 11.2. The van der Waals surface area contributed by atoms with Gasteiger partial charge in [-0.05, 0) is 26.0 Å². The van der Waals surface area contributed by atoms with Gasteiger partial charge in [0.05, 0.1) is 19.3 Å². The molecule has 7 heteroatoms. The lowest BCUT2D eigenvalue weighted by atomic mass is 10.1. The molecule has 2 rings (SSSR count). The van der Waals surface area contributed by atoms with E-state index in [9.17, 15) is 9.90 Å². The highest BCUT2D eigenvalue weighted by molar-refractivity contribution is 5.92. The molecule has 0 aliphatic heterocycles. The third-order valence-corrected chi connectivity index (χ3v) is 2.63. The zero-order valence-electron chi connectivity index (χ0n) is 11.4. The topological polar surface area (TPSA) is 90.1 Å². The molecule has 2 aromatic rings. The number of aromatic nitrogens is 4. The standard InChI is InChI=1S/C13H16N4O3/c1-9(2)20-7-6-17-12(10-4-3-5-14-8-10)11(13(18)19)15-16-17/h3-5,8-9H,6-7H2,1-2H3,(H,18,19). The van der Waals surface area contributed by atoms with E-state index in [1.165, 1.54) is 4.68 Å². The number of carboxylic acids is 1. The first-order valence-electron chi connectivity index (χ1n) is 6.28. The van der Waals surface area contributed by atoms with Gasteiger partial charge in [0.1, 0.15) is 5.69 Å². The van der Waals surface area contributed by atoms with Gasteiger partial charge < -0.3 is 9.84 Å². The Morgan fingerprint density at radius 1 is 1.50 bits per heavy atom. The summed E-state index contributed by atoms with van der Waals surface area (Å²) in [7, 11) is 0. The molecule has 0 radical (unpaired) electrons. The number of ether oxygens (including phenoxy) is 1. The van der Waals surface area contributed by atoms with Crippen molar-refractivity contribution in [1.82, 2.24) is 20.0 Å². The van der Waals surface area contributed by atoms with Crippen LogP contribution < -0.4 is 0 Å². The molecule has 0 amide bonds. The third-order valence-electron chi connectivity index (χ3n) is 2.63. The third kappa shape index (κ3) is 3.18. The van der Waals surface area contributed by atoms with Crippen LogP contribution >= 0.6 is 0 Å². The molecule has 0 fully saturated rings. The van der Waals surface area contributed by atoms with E-state index in [4.69, 9.17) is 4.74 Å². The fraction of sp³-hybridized carbons (Fsp3) is 0.385. The van der Waals surface area contributed by atoms with E-state index in [1.807, 2.05) is 13.8 Å². The summed E-state index contributed by atoms with van der Waals surface area (Å²) in [5.41, 5.74) is 1.03. The maximum absolute atomic E-state index is 11.2. The fourth-order valence-corrected chi connectivity index (χ4v) is 1.78. The lowest BCUT2D eigenvalue weighted by molar-refractivity contribution is 0.0687. The monoisotopic (exact) mass is 276 g/mol. The lowest BCUT2D eigenvalue weighted by Gasteiger charge is -2.09. The normalized spacial score (nSPS) is 10.9. The lowest BCUT2D eigenvalue weighted by Crippen LogP contribution is -2.13. The van der Waals surface area contributed by atoms with Crippen LogP contribution in [0.15, 0.2) is 24.5 Å². The molecular weight excluding hydrogens is 260 g/mol. The second-order valence-corrected chi connectivity index (χ2v) is 4.48. The number of nitrogens with zero attached hydrogens (tertiary/aromatic N) is 4.